The molecule has 0 bridgehead atoms. The molecule has 0 atom stereocenters. The van der Waals surface area contributed by atoms with Crippen molar-refractivity contribution < 1.29 is 8.42 Å². The van der Waals surface area contributed by atoms with E-state index in [0.29, 0.717) is 25.4 Å². The van der Waals surface area contributed by atoms with Crippen molar-refractivity contribution >= 4 is 21.8 Å². The average molecular weight is 269 g/mol. The normalized spacial score (nSPS) is 21.8. The van der Waals surface area contributed by atoms with E-state index in [2.05, 4.69) is 0 Å². The average Bonchev–Trinajstić information content (AvgIpc) is 2.54. The van der Waals surface area contributed by atoms with Crippen molar-refractivity contribution in [2.24, 2.45) is 0 Å². The van der Waals surface area contributed by atoms with Crippen molar-refractivity contribution in [3.8, 4) is 0 Å². The summed E-state index contributed by atoms with van der Waals surface area (Å²) in [7, 11) is -1.69. The molecule has 0 radical (unpaired) electrons. The fraction of sp³-hybridized carbons (Fsp3) is 1.00. The first-order chi connectivity index (χ1) is 7.32. The third-order valence-electron chi connectivity index (χ3n) is 3.10. The highest BCUT2D eigenvalue weighted by Crippen LogP contribution is 2.31. The van der Waals surface area contributed by atoms with Crippen LogP contribution in [0.1, 0.15) is 33.1 Å². The first kappa shape index (κ1) is 14.2. The largest absolute Gasteiger partial charge is 0.282 e. The molecule has 96 valence electrons. The molecule has 1 aliphatic heterocycles. The molecule has 1 rings (SSSR count). The highest BCUT2D eigenvalue weighted by Gasteiger charge is 2.41. The van der Waals surface area contributed by atoms with Crippen molar-refractivity contribution in [1.82, 2.24) is 8.61 Å². The number of halogens is 1. The molecule has 0 unspecified atom stereocenters. The van der Waals surface area contributed by atoms with Gasteiger partial charge in [0, 0.05) is 31.6 Å². The lowest BCUT2D eigenvalue weighted by Crippen LogP contribution is -2.49. The van der Waals surface area contributed by atoms with E-state index < -0.39 is 10.2 Å². The number of nitrogens with zero attached hydrogens (tertiary/aromatic N) is 2. The van der Waals surface area contributed by atoms with Crippen LogP contribution in [0.5, 0.6) is 0 Å². The standard InChI is InChI=1S/C10H21ClN2O2S/c1-10(2)6-4-9-13(10)16(14,15)12(3)8-5-7-11/h4-9H2,1-3H3. The molecule has 6 heteroatoms. The molecular weight excluding hydrogens is 248 g/mol. The second kappa shape index (κ2) is 5.21. The molecule has 0 aromatic rings. The Balaban J connectivity index is 2.77. The van der Waals surface area contributed by atoms with E-state index in [0.717, 1.165) is 12.8 Å². The second-order valence-electron chi connectivity index (χ2n) is 4.86. The lowest BCUT2D eigenvalue weighted by molar-refractivity contribution is 0.269. The van der Waals surface area contributed by atoms with E-state index in [1.807, 2.05) is 13.8 Å². The third-order valence-corrected chi connectivity index (χ3v) is 5.58. The Morgan fingerprint density at radius 2 is 2.06 bits per heavy atom. The number of hydrogen-bond acceptors (Lipinski definition) is 2. The zero-order valence-electron chi connectivity index (χ0n) is 10.2. The fourth-order valence-electron chi connectivity index (χ4n) is 2.08. The molecule has 1 saturated heterocycles. The van der Waals surface area contributed by atoms with Gasteiger partial charge in [0.1, 0.15) is 0 Å². The molecule has 1 fully saturated rings. The van der Waals surface area contributed by atoms with Gasteiger partial charge in [0.15, 0.2) is 0 Å². The van der Waals surface area contributed by atoms with Crippen molar-refractivity contribution in [3.05, 3.63) is 0 Å². The predicted molar refractivity (Wildman–Crippen MR) is 66.9 cm³/mol. The lowest BCUT2D eigenvalue weighted by Gasteiger charge is -2.33. The van der Waals surface area contributed by atoms with Crippen LogP contribution in [0.15, 0.2) is 0 Å². The Morgan fingerprint density at radius 3 is 2.50 bits per heavy atom. The molecule has 0 saturated carbocycles. The van der Waals surface area contributed by atoms with Crippen LogP contribution < -0.4 is 0 Å². The van der Waals surface area contributed by atoms with Gasteiger partial charge in [0.25, 0.3) is 10.2 Å². The van der Waals surface area contributed by atoms with Gasteiger partial charge in [-0.1, -0.05) is 0 Å². The van der Waals surface area contributed by atoms with Crippen molar-refractivity contribution in [3.63, 3.8) is 0 Å². The van der Waals surface area contributed by atoms with Crippen LogP contribution in [-0.4, -0.2) is 48.6 Å². The summed E-state index contributed by atoms with van der Waals surface area (Å²) in [4.78, 5) is 0. The quantitative estimate of drug-likeness (QED) is 0.712. The summed E-state index contributed by atoms with van der Waals surface area (Å²) in [5, 5.41) is 0. The van der Waals surface area contributed by atoms with Crippen LogP contribution in [0.25, 0.3) is 0 Å². The smallest absolute Gasteiger partial charge is 0.195 e. The summed E-state index contributed by atoms with van der Waals surface area (Å²) in [5.41, 5.74) is -0.256. The summed E-state index contributed by atoms with van der Waals surface area (Å²) in [6, 6.07) is 0. The van der Waals surface area contributed by atoms with Gasteiger partial charge in [-0.15, -0.1) is 11.6 Å². The highest BCUT2D eigenvalue weighted by molar-refractivity contribution is 7.86. The summed E-state index contributed by atoms with van der Waals surface area (Å²) in [5.74, 6) is 0.489. The van der Waals surface area contributed by atoms with Crippen LogP contribution in [0.2, 0.25) is 0 Å². The zero-order chi connectivity index (χ0) is 12.4. The molecule has 1 heterocycles. The van der Waals surface area contributed by atoms with E-state index >= 15 is 0 Å². The van der Waals surface area contributed by atoms with Crippen LogP contribution in [0.4, 0.5) is 0 Å². The molecule has 1 aliphatic rings. The monoisotopic (exact) mass is 268 g/mol. The Hall–Kier alpha value is 0.160. The molecule has 0 spiro atoms. The van der Waals surface area contributed by atoms with Crippen molar-refractivity contribution in [2.75, 3.05) is 26.0 Å². The molecule has 4 nitrogen and oxygen atoms in total. The van der Waals surface area contributed by atoms with E-state index in [4.69, 9.17) is 11.6 Å². The lowest BCUT2D eigenvalue weighted by atomic mass is 10.0. The van der Waals surface area contributed by atoms with Crippen LogP contribution in [-0.2, 0) is 10.2 Å². The Kier molecular flexibility index (Phi) is 4.63. The van der Waals surface area contributed by atoms with Gasteiger partial charge >= 0.3 is 0 Å². The second-order valence-corrected chi connectivity index (χ2v) is 7.20. The molecule has 0 aromatic carbocycles. The first-order valence-electron chi connectivity index (χ1n) is 5.62. The maximum atomic E-state index is 12.3. The number of alkyl halides is 1. The maximum absolute atomic E-state index is 12.3. The van der Waals surface area contributed by atoms with Crippen molar-refractivity contribution in [2.45, 2.75) is 38.6 Å². The maximum Gasteiger partial charge on any atom is 0.282 e. The minimum atomic E-state index is -3.31. The van der Waals surface area contributed by atoms with Crippen molar-refractivity contribution in [1.29, 1.82) is 0 Å². The van der Waals surface area contributed by atoms with E-state index in [-0.39, 0.29) is 5.54 Å². The minimum Gasteiger partial charge on any atom is -0.195 e. The Morgan fingerprint density at radius 1 is 1.44 bits per heavy atom. The highest BCUT2D eigenvalue weighted by atomic mass is 35.5. The summed E-state index contributed by atoms with van der Waals surface area (Å²) in [6.07, 6.45) is 2.55. The van der Waals surface area contributed by atoms with Gasteiger partial charge in [-0.05, 0) is 33.1 Å². The number of rotatable bonds is 5. The van der Waals surface area contributed by atoms with E-state index in [9.17, 15) is 8.42 Å². The van der Waals surface area contributed by atoms with E-state index in [1.54, 1.807) is 11.4 Å². The summed E-state index contributed by atoms with van der Waals surface area (Å²) in [6.45, 7) is 5.07. The van der Waals surface area contributed by atoms with Gasteiger partial charge in [-0.3, -0.25) is 0 Å². The van der Waals surface area contributed by atoms with Gasteiger partial charge in [0.05, 0.1) is 0 Å². The van der Waals surface area contributed by atoms with Gasteiger partial charge in [-0.2, -0.15) is 17.0 Å². The number of hydrogen-bond donors (Lipinski definition) is 0. The van der Waals surface area contributed by atoms with Crippen LogP contribution >= 0.6 is 11.6 Å². The molecule has 0 aliphatic carbocycles. The molecule has 0 aromatic heterocycles. The zero-order valence-corrected chi connectivity index (χ0v) is 11.8. The first-order valence-corrected chi connectivity index (χ1v) is 7.55. The predicted octanol–water partition coefficient (Wildman–Crippen LogP) is 1.67. The molecule has 0 amide bonds. The Labute approximate surface area is 104 Å². The molecule has 16 heavy (non-hydrogen) atoms. The van der Waals surface area contributed by atoms with Crippen LogP contribution in [0, 0.1) is 0 Å². The van der Waals surface area contributed by atoms with E-state index in [1.165, 1.54) is 4.31 Å². The van der Waals surface area contributed by atoms with Gasteiger partial charge in [0.2, 0.25) is 0 Å². The molecule has 0 N–H and O–H groups in total. The fourth-order valence-corrected chi connectivity index (χ4v) is 3.97. The van der Waals surface area contributed by atoms with Gasteiger partial charge < -0.3 is 0 Å². The summed E-state index contributed by atoms with van der Waals surface area (Å²) < 4.78 is 27.5. The minimum absolute atomic E-state index is 0.256. The molecular formula is C10H21ClN2O2S. The van der Waals surface area contributed by atoms with Crippen LogP contribution in [0.3, 0.4) is 0 Å². The van der Waals surface area contributed by atoms with Gasteiger partial charge in [-0.25, -0.2) is 0 Å². The topological polar surface area (TPSA) is 40.6 Å². The third kappa shape index (κ3) is 2.88. The Bertz CT molecular complexity index is 330. The SMILES string of the molecule is CN(CCCCl)S(=O)(=O)N1CCCC1(C)C. The summed E-state index contributed by atoms with van der Waals surface area (Å²) >= 11 is 5.58.